The van der Waals surface area contributed by atoms with E-state index in [1.165, 1.54) is 19.4 Å². The number of nitrogens with one attached hydrogen (secondary N) is 2. The summed E-state index contributed by atoms with van der Waals surface area (Å²) in [7, 11) is 1.70. The van der Waals surface area contributed by atoms with Gasteiger partial charge in [0.15, 0.2) is 0 Å². The number of anilines is 1. The van der Waals surface area contributed by atoms with Crippen LogP contribution >= 0.6 is 15.9 Å². The number of ether oxygens (including phenoxy) is 1. The summed E-state index contributed by atoms with van der Waals surface area (Å²) in [6.07, 6.45) is 3.78. The van der Waals surface area contributed by atoms with Crippen LogP contribution in [0.1, 0.15) is 19.3 Å². The molecule has 0 spiro atoms. The maximum absolute atomic E-state index is 5.32. The molecule has 0 radical (unpaired) electrons. The zero-order valence-electron chi connectivity index (χ0n) is 10.1. The van der Waals surface area contributed by atoms with Gasteiger partial charge in [0.05, 0.1) is 12.8 Å². The van der Waals surface area contributed by atoms with Gasteiger partial charge in [-0.2, -0.15) is 0 Å². The largest absolute Gasteiger partial charge is 0.495 e. The van der Waals surface area contributed by atoms with Crippen LogP contribution in [0.3, 0.4) is 0 Å². The molecule has 2 N–H and O–H groups in total. The molecule has 3 nitrogen and oxygen atoms in total. The lowest BCUT2D eigenvalue weighted by molar-refractivity contribution is 0.416. The van der Waals surface area contributed by atoms with Gasteiger partial charge in [0.1, 0.15) is 5.75 Å². The summed E-state index contributed by atoms with van der Waals surface area (Å²) in [5.74, 6) is 0.896. The normalized spacial score (nSPS) is 19.3. The van der Waals surface area contributed by atoms with E-state index in [0.29, 0.717) is 6.04 Å². The molecule has 17 heavy (non-hydrogen) atoms. The first-order valence-corrected chi connectivity index (χ1v) is 6.89. The Bertz CT molecular complexity index is 364. The van der Waals surface area contributed by atoms with Crippen molar-refractivity contribution in [1.29, 1.82) is 0 Å². The van der Waals surface area contributed by atoms with Gasteiger partial charge in [-0.25, -0.2) is 0 Å². The summed E-state index contributed by atoms with van der Waals surface area (Å²) >= 11 is 3.48. The van der Waals surface area contributed by atoms with Crippen LogP contribution in [0.2, 0.25) is 0 Å². The second-order valence-electron chi connectivity index (χ2n) is 4.35. The first kappa shape index (κ1) is 12.7. The molecule has 94 valence electrons. The molecular formula is C13H19BrN2O. The van der Waals surface area contributed by atoms with Gasteiger partial charge in [-0.1, -0.05) is 15.9 Å². The van der Waals surface area contributed by atoms with E-state index in [0.717, 1.165) is 28.9 Å². The second kappa shape index (κ2) is 6.26. The van der Waals surface area contributed by atoms with Crippen LogP contribution in [0.5, 0.6) is 5.75 Å². The fraction of sp³-hybridized carbons (Fsp3) is 0.538. The van der Waals surface area contributed by atoms with E-state index in [-0.39, 0.29) is 0 Å². The monoisotopic (exact) mass is 298 g/mol. The molecule has 0 aromatic heterocycles. The number of rotatable bonds is 5. The van der Waals surface area contributed by atoms with E-state index in [9.17, 15) is 0 Å². The van der Waals surface area contributed by atoms with Gasteiger partial charge in [0, 0.05) is 17.1 Å². The predicted octanol–water partition coefficient (Wildman–Crippen LogP) is 3.01. The molecule has 1 atom stereocenters. The van der Waals surface area contributed by atoms with Crippen LogP contribution in [0.4, 0.5) is 5.69 Å². The molecule has 1 aliphatic rings. The fourth-order valence-electron chi connectivity index (χ4n) is 2.20. The van der Waals surface area contributed by atoms with Gasteiger partial charge < -0.3 is 15.4 Å². The highest BCUT2D eigenvalue weighted by atomic mass is 79.9. The number of hydrogen-bond acceptors (Lipinski definition) is 3. The van der Waals surface area contributed by atoms with Crippen molar-refractivity contribution >= 4 is 21.6 Å². The molecule has 1 fully saturated rings. The van der Waals surface area contributed by atoms with Crippen LogP contribution in [-0.2, 0) is 0 Å². The fourth-order valence-corrected chi connectivity index (χ4v) is 2.56. The Morgan fingerprint density at radius 2 is 2.41 bits per heavy atom. The minimum Gasteiger partial charge on any atom is -0.495 e. The standard InChI is InChI=1S/C13H19BrN2O/c1-17-13-5-4-10(14)9-12(13)16-8-6-11-3-2-7-15-11/h4-5,9,11,15-16H,2-3,6-8H2,1H3. The Morgan fingerprint density at radius 3 is 3.12 bits per heavy atom. The molecule has 0 saturated carbocycles. The van der Waals surface area contributed by atoms with Gasteiger partial charge in [0.25, 0.3) is 0 Å². The third-order valence-electron chi connectivity index (χ3n) is 3.13. The SMILES string of the molecule is COc1ccc(Br)cc1NCCC1CCCN1. The van der Waals surface area contributed by atoms with Gasteiger partial charge >= 0.3 is 0 Å². The first-order valence-electron chi connectivity index (χ1n) is 6.10. The Morgan fingerprint density at radius 1 is 1.53 bits per heavy atom. The second-order valence-corrected chi connectivity index (χ2v) is 5.27. The zero-order valence-corrected chi connectivity index (χ0v) is 11.7. The Kier molecular flexibility index (Phi) is 4.68. The van der Waals surface area contributed by atoms with Crippen molar-refractivity contribution in [2.45, 2.75) is 25.3 Å². The molecule has 1 aromatic rings. The van der Waals surface area contributed by atoms with E-state index >= 15 is 0 Å². The van der Waals surface area contributed by atoms with E-state index in [1.54, 1.807) is 7.11 Å². The minimum absolute atomic E-state index is 0.681. The van der Waals surface area contributed by atoms with Crippen molar-refractivity contribution in [2.24, 2.45) is 0 Å². The molecule has 0 amide bonds. The van der Waals surface area contributed by atoms with E-state index in [1.807, 2.05) is 12.1 Å². The molecular weight excluding hydrogens is 280 g/mol. The lowest BCUT2D eigenvalue weighted by Crippen LogP contribution is -2.24. The molecule has 1 unspecified atom stereocenters. The van der Waals surface area contributed by atoms with Crippen molar-refractivity contribution in [3.05, 3.63) is 22.7 Å². The van der Waals surface area contributed by atoms with Gasteiger partial charge in [-0.05, 0) is 44.0 Å². The third-order valence-corrected chi connectivity index (χ3v) is 3.63. The Labute approximate surface area is 111 Å². The van der Waals surface area contributed by atoms with Gasteiger partial charge in [-0.15, -0.1) is 0 Å². The topological polar surface area (TPSA) is 33.3 Å². The summed E-state index contributed by atoms with van der Waals surface area (Å²) < 4.78 is 6.39. The minimum atomic E-state index is 0.681. The van der Waals surface area contributed by atoms with Gasteiger partial charge in [-0.3, -0.25) is 0 Å². The van der Waals surface area contributed by atoms with Crippen LogP contribution in [0, 0.1) is 0 Å². The van der Waals surface area contributed by atoms with Crippen molar-refractivity contribution in [3.8, 4) is 5.75 Å². The highest BCUT2D eigenvalue weighted by molar-refractivity contribution is 9.10. The highest BCUT2D eigenvalue weighted by Gasteiger charge is 2.13. The maximum Gasteiger partial charge on any atom is 0.142 e. The van der Waals surface area contributed by atoms with Crippen LogP contribution in [0.15, 0.2) is 22.7 Å². The average Bonchev–Trinajstić information content (AvgIpc) is 2.82. The number of methoxy groups -OCH3 is 1. The molecule has 2 rings (SSSR count). The summed E-state index contributed by atoms with van der Waals surface area (Å²) in [4.78, 5) is 0. The summed E-state index contributed by atoms with van der Waals surface area (Å²) in [5.41, 5.74) is 1.06. The van der Waals surface area contributed by atoms with E-state index < -0.39 is 0 Å². The summed E-state index contributed by atoms with van der Waals surface area (Å²) in [6, 6.07) is 6.70. The average molecular weight is 299 g/mol. The van der Waals surface area contributed by atoms with Crippen molar-refractivity contribution in [1.82, 2.24) is 5.32 Å². The molecule has 1 saturated heterocycles. The lowest BCUT2D eigenvalue weighted by Gasteiger charge is -2.14. The molecule has 0 aliphatic carbocycles. The Balaban J connectivity index is 1.86. The number of hydrogen-bond donors (Lipinski definition) is 2. The van der Waals surface area contributed by atoms with Crippen LogP contribution < -0.4 is 15.4 Å². The predicted molar refractivity (Wildman–Crippen MR) is 74.8 cm³/mol. The van der Waals surface area contributed by atoms with Crippen molar-refractivity contribution in [3.63, 3.8) is 0 Å². The van der Waals surface area contributed by atoms with Crippen LogP contribution in [-0.4, -0.2) is 26.2 Å². The Hall–Kier alpha value is -0.740. The molecule has 1 aliphatic heterocycles. The number of benzene rings is 1. The summed E-state index contributed by atoms with van der Waals surface area (Å²) in [6.45, 7) is 2.15. The molecule has 1 heterocycles. The van der Waals surface area contributed by atoms with Crippen molar-refractivity contribution in [2.75, 3.05) is 25.5 Å². The highest BCUT2D eigenvalue weighted by Crippen LogP contribution is 2.27. The number of halogens is 1. The van der Waals surface area contributed by atoms with Crippen LogP contribution in [0.25, 0.3) is 0 Å². The summed E-state index contributed by atoms with van der Waals surface area (Å²) in [5, 5.41) is 6.94. The smallest absolute Gasteiger partial charge is 0.142 e. The molecule has 0 bridgehead atoms. The maximum atomic E-state index is 5.32. The zero-order chi connectivity index (χ0) is 12.1. The first-order chi connectivity index (χ1) is 8.29. The molecule has 4 heteroatoms. The third kappa shape index (κ3) is 3.61. The molecule has 1 aromatic carbocycles. The quantitative estimate of drug-likeness (QED) is 0.877. The van der Waals surface area contributed by atoms with E-state index in [4.69, 9.17) is 4.74 Å². The lowest BCUT2D eigenvalue weighted by atomic mass is 10.1. The van der Waals surface area contributed by atoms with Crippen molar-refractivity contribution < 1.29 is 4.74 Å². The van der Waals surface area contributed by atoms with E-state index in [2.05, 4.69) is 32.6 Å². The van der Waals surface area contributed by atoms with Gasteiger partial charge in [0.2, 0.25) is 0 Å².